The molecule has 1 heterocycles. The third kappa shape index (κ3) is 2.11. The molecular weight excluding hydrogens is 296 g/mol. The van der Waals surface area contributed by atoms with Crippen molar-refractivity contribution in [2.24, 2.45) is 5.92 Å². The van der Waals surface area contributed by atoms with Gasteiger partial charge in [-0.2, -0.15) is 0 Å². The molecule has 1 unspecified atom stereocenters. The van der Waals surface area contributed by atoms with Crippen molar-refractivity contribution in [1.29, 1.82) is 0 Å². The van der Waals surface area contributed by atoms with Crippen molar-refractivity contribution in [2.75, 3.05) is 17.3 Å². The molecule has 0 radical (unpaired) electrons. The zero-order chi connectivity index (χ0) is 13.4. The molecule has 1 aliphatic heterocycles. The molecule has 6 heteroatoms. The molecule has 3 nitrogen and oxygen atoms in total. The van der Waals surface area contributed by atoms with Gasteiger partial charge in [0.2, 0.25) is 0 Å². The molecule has 0 saturated heterocycles. The zero-order valence-electron chi connectivity index (χ0n) is 9.54. The van der Waals surface area contributed by atoms with Gasteiger partial charge in [-0.05, 0) is 18.1 Å². The van der Waals surface area contributed by atoms with Gasteiger partial charge in [0.05, 0.1) is 21.3 Å². The Balaban J connectivity index is 2.51. The van der Waals surface area contributed by atoms with E-state index in [1.54, 1.807) is 6.07 Å². The number of rotatable bonds is 3. The van der Waals surface area contributed by atoms with Crippen LogP contribution >= 0.6 is 34.8 Å². The van der Waals surface area contributed by atoms with E-state index in [2.05, 4.69) is 0 Å². The van der Waals surface area contributed by atoms with Crippen LogP contribution in [0.15, 0.2) is 12.1 Å². The van der Waals surface area contributed by atoms with Crippen LogP contribution in [0.25, 0.3) is 0 Å². The summed E-state index contributed by atoms with van der Waals surface area (Å²) in [5, 5.41) is 0.587. The average molecular weight is 307 g/mol. The summed E-state index contributed by atoms with van der Waals surface area (Å²) in [6, 6.07) is 3.09. The van der Waals surface area contributed by atoms with Crippen molar-refractivity contribution in [1.82, 2.24) is 0 Å². The predicted molar refractivity (Wildman–Crippen MR) is 73.0 cm³/mol. The van der Waals surface area contributed by atoms with Crippen LogP contribution in [0.4, 0.5) is 5.69 Å². The van der Waals surface area contributed by atoms with Crippen LogP contribution in [0.2, 0.25) is 10.0 Å². The number of ketones is 1. The van der Waals surface area contributed by atoms with Crippen molar-refractivity contribution >= 4 is 52.2 Å². The summed E-state index contributed by atoms with van der Waals surface area (Å²) in [5.41, 5.74) is 0.590. The predicted octanol–water partition coefficient (Wildman–Crippen LogP) is 3.40. The summed E-state index contributed by atoms with van der Waals surface area (Å²) in [4.78, 5) is 25.2. The molecule has 2 rings (SSSR count). The number of alkyl halides is 1. The minimum absolute atomic E-state index is 0.0596. The van der Waals surface area contributed by atoms with Gasteiger partial charge in [-0.1, -0.05) is 30.1 Å². The SMILES string of the molecule is CC(CCl)CN1C(=O)C(=O)c2c(Cl)ccc(Cl)c21. The fourth-order valence-corrected chi connectivity index (χ4v) is 2.48. The number of hydrogen-bond acceptors (Lipinski definition) is 2. The number of anilines is 1. The summed E-state index contributed by atoms with van der Waals surface area (Å²) < 4.78 is 0. The maximum atomic E-state index is 11.9. The lowest BCUT2D eigenvalue weighted by Gasteiger charge is -2.20. The first-order valence-electron chi connectivity index (χ1n) is 5.37. The van der Waals surface area contributed by atoms with Crippen LogP contribution in [0.5, 0.6) is 0 Å². The monoisotopic (exact) mass is 305 g/mol. The van der Waals surface area contributed by atoms with Gasteiger partial charge in [0.25, 0.3) is 11.7 Å². The Morgan fingerprint density at radius 2 is 1.83 bits per heavy atom. The third-order valence-electron chi connectivity index (χ3n) is 2.77. The molecule has 1 atom stereocenters. The quantitative estimate of drug-likeness (QED) is 0.634. The summed E-state index contributed by atoms with van der Waals surface area (Å²) in [7, 11) is 0. The molecule has 0 spiro atoms. The number of carbonyl (C=O) groups is 2. The second kappa shape index (κ2) is 5.08. The first kappa shape index (κ1) is 13.7. The topological polar surface area (TPSA) is 37.4 Å². The van der Waals surface area contributed by atoms with E-state index >= 15 is 0 Å². The van der Waals surface area contributed by atoms with E-state index in [0.29, 0.717) is 23.1 Å². The number of hydrogen-bond donors (Lipinski definition) is 0. The van der Waals surface area contributed by atoms with Crippen LogP contribution in [0, 0.1) is 5.92 Å². The van der Waals surface area contributed by atoms with E-state index in [0.717, 1.165) is 0 Å². The molecule has 1 amide bonds. The summed E-state index contributed by atoms with van der Waals surface area (Å²) >= 11 is 17.7. The van der Waals surface area contributed by atoms with E-state index in [4.69, 9.17) is 34.8 Å². The summed E-state index contributed by atoms with van der Waals surface area (Å²) in [6.45, 7) is 2.24. The minimum atomic E-state index is -0.612. The highest BCUT2D eigenvalue weighted by molar-refractivity contribution is 6.57. The molecule has 0 aromatic heterocycles. The molecular formula is C12H10Cl3NO2. The molecule has 0 saturated carbocycles. The molecule has 0 N–H and O–H groups in total. The van der Waals surface area contributed by atoms with Gasteiger partial charge in [-0.15, -0.1) is 11.6 Å². The van der Waals surface area contributed by atoms with Gasteiger partial charge in [0.15, 0.2) is 0 Å². The van der Waals surface area contributed by atoms with Gasteiger partial charge in [-0.25, -0.2) is 0 Å². The van der Waals surface area contributed by atoms with Crippen LogP contribution in [0.1, 0.15) is 17.3 Å². The van der Waals surface area contributed by atoms with Crippen molar-refractivity contribution in [2.45, 2.75) is 6.92 Å². The molecule has 0 fully saturated rings. The largest absolute Gasteiger partial charge is 0.303 e. The van der Waals surface area contributed by atoms with E-state index in [1.165, 1.54) is 11.0 Å². The fraction of sp³-hybridized carbons (Fsp3) is 0.333. The highest BCUT2D eigenvalue weighted by Crippen LogP contribution is 2.40. The first-order valence-corrected chi connectivity index (χ1v) is 6.66. The van der Waals surface area contributed by atoms with Crippen LogP contribution in [-0.2, 0) is 4.79 Å². The van der Waals surface area contributed by atoms with Gasteiger partial charge in [-0.3, -0.25) is 9.59 Å². The number of carbonyl (C=O) groups excluding carboxylic acids is 2. The maximum Gasteiger partial charge on any atom is 0.299 e. The number of Topliss-reactive ketones (excluding diaryl/α,β-unsaturated/α-hetero) is 1. The van der Waals surface area contributed by atoms with E-state index in [9.17, 15) is 9.59 Å². The number of halogens is 3. The normalized spacial score (nSPS) is 16.1. The standard InChI is InChI=1S/C12H10Cl3NO2/c1-6(4-13)5-16-10-8(15)3-2-7(14)9(10)11(17)12(16)18/h2-3,6H,4-5H2,1H3. The molecule has 1 aromatic carbocycles. The number of nitrogens with zero attached hydrogens (tertiary/aromatic N) is 1. The smallest absolute Gasteiger partial charge is 0.299 e. The Morgan fingerprint density at radius 1 is 1.22 bits per heavy atom. The Morgan fingerprint density at radius 3 is 2.44 bits per heavy atom. The Labute approximate surface area is 120 Å². The number of fused-ring (bicyclic) bond motifs is 1. The molecule has 18 heavy (non-hydrogen) atoms. The van der Waals surface area contributed by atoms with Crippen molar-refractivity contribution in [3.05, 3.63) is 27.7 Å². The lowest BCUT2D eigenvalue weighted by Crippen LogP contribution is -2.34. The third-order valence-corrected chi connectivity index (χ3v) is 3.92. The van der Waals surface area contributed by atoms with Gasteiger partial charge >= 0.3 is 0 Å². The molecule has 96 valence electrons. The van der Waals surface area contributed by atoms with Crippen LogP contribution in [0.3, 0.4) is 0 Å². The highest BCUT2D eigenvalue weighted by Gasteiger charge is 2.39. The highest BCUT2D eigenvalue weighted by atomic mass is 35.5. The number of benzene rings is 1. The lowest BCUT2D eigenvalue weighted by molar-refractivity contribution is -0.114. The van der Waals surface area contributed by atoms with Crippen molar-refractivity contribution < 1.29 is 9.59 Å². The van der Waals surface area contributed by atoms with E-state index < -0.39 is 11.7 Å². The summed E-state index contributed by atoms with van der Waals surface area (Å²) in [5.74, 6) is -0.758. The molecule has 1 aromatic rings. The van der Waals surface area contributed by atoms with Crippen LogP contribution < -0.4 is 4.90 Å². The average Bonchev–Trinajstić information content (AvgIpc) is 2.60. The second-order valence-electron chi connectivity index (χ2n) is 4.26. The van der Waals surface area contributed by atoms with E-state index in [-0.39, 0.29) is 16.5 Å². The van der Waals surface area contributed by atoms with Crippen molar-refractivity contribution in [3.8, 4) is 0 Å². The Bertz CT molecular complexity index is 530. The number of amides is 1. The Hall–Kier alpha value is -0.770. The summed E-state index contributed by atoms with van der Waals surface area (Å²) in [6.07, 6.45) is 0. The maximum absolute atomic E-state index is 11.9. The molecule has 0 aliphatic carbocycles. The van der Waals surface area contributed by atoms with Gasteiger partial charge in [0.1, 0.15) is 0 Å². The lowest BCUT2D eigenvalue weighted by atomic mass is 10.1. The Kier molecular flexibility index (Phi) is 3.85. The fourth-order valence-electron chi connectivity index (χ4n) is 1.89. The second-order valence-corrected chi connectivity index (χ2v) is 5.38. The van der Waals surface area contributed by atoms with Crippen LogP contribution in [-0.4, -0.2) is 24.1 Å². The van der Waals surface area contributed by atoms with E-state index in [1.807, 2.05) is 6.92 Å². The zero-order valence-corrected chi connectivity index (χ0v) is 11.8. The molecule has 0 bridgehead atoms. The molecule has 1 aliphatic rings. The first-order chi connectivity index (χ1) is 8.47. The van der Waals surface area contributed by atoms with Gasteiger partial charge < -0.3 is 4.90 Å². The van der Waals surface area contributed by atoms with Gasteiger partial charge in [0, 0.05) is 12.4 Å². The van der Waals surface area contributed by atoms with Crippen molar-refractivity contribution in [3.63, 3.8) is 0 Å². The minimum Gasteiger partial charge on any atom is -0.303 e.